The minimum atomic E-state index is -1.79. The fraction of sp³-hybridized carbons (Fsp3) is 0.735. The van der Waals surface area contributed by atoms with E-state index < -0.39 is 53.7 Å². The van der Waals surface area contributed by atoms with Gasteiger partial charge in [-0.1, -0.05) is 64.5 Å². The molecule has 2 bridgehead atoms. The monoisotopic (exact) mass is 588 g/mol. The Bertz CT molecular complexity index is 1140. The van der Waals surface area contributed by atoms with Crippen molar-refractivity contribution in [1.82, 2.24) is 0 Å². The minimum Gasteiger partial charge on any atom is -0.462 e. The average molecular weight is 589 g/mol. The fourth-order valence-electron chi connectivity index (χ4n) is 7.54. The molecule has 1 aliphatic carbocycles. The van der Waals surface area contributed by atoms with E-state index in [4.69, 9.17) is 18.9 Å². The van der Waals surface area contributed by atoms with E-state index in [0.29, 0.717) is 54.2 Å². The average Bonchev–Trinajstić information content (AvgIpc) is 3.30. The third kappa shape index (κ3) is 5.82. The summed E-state index contributed by atoms with van der Waals surface area (Å²) in [5.41, 5.74) is -0.155. The molecule has 0 aromatic heterocycles. The summed E-state index contributed by atoms with van der Waals surface area (Å²) in [6, 6.07) is 0. The van der Waals surface area contributed by atoms with Crippen molar-refractivity contribution in [2.75, 3.05) is 6.61 Å². The number of rotatable bonds is 2. The molecule has 42 heavy (non-hydrogen) atoms. The summed E-state index contributed by atoms with van der Waals surface area (Å²) in [5, 5.41) is 23.0. The number of esters is 1. The van der Waals surface area contributed by atoms with Gasteiger partial charge >= 0.3 is 5.97 Å². The first-order chi connectivity index (χ1) is 19.9. The minimum absolute atomic E-state index is 0.0204. The molecule has 4 heterocycles. The van der Waals surface area contributed by atoms with Gasteiger partial charge in [-0.3, -0.25) is 4.79 Å². The molecule has 0 amide bonds. The number of aliphatic hydroxyl groups excluding tert-OH is 1. The molecule has 234 valence electrons. The molecule has 3 fully saturated rings. The summed E-state index contributed by atoms with van der Waals surface area (Å²) in [6.07, 6.45) is 8.47. The number of carbonyl (C=O) groups is 1. The van der Waals surface area contributed by atoms with Crippen LogP contribution in [0.25, 0.3) is 0 Å². The van der Waals surface area contributed by atoms with E-state index >= 15 is 4.39 Å². The van der Waals surface area contributed by atoms with Crippen LogP contribution in [-0.2, 0) is 23.7 Å². The molecule has 0 radical (unpaired) electrons. The molecular formula is C34H49FO7. The first-order valence-corrected chi connectivity index (χ1v) is 15.8. The van der Waals surface area contributed by atoms with Gasteiger partial charge in [0.25, 0.3) is 0 Å². The van der Waals surface area contributed by atoms with Gasteiger partial charge < -0.3 is 29.2 Å². The Balaban J connectivity index is 1.53. The highest BCUT2D eigenvalue weighted by atomic mass is 19.1. The lowest BCUT2D eigenvalue weighted by Crippen LogP contribution is -2.58. The van der Waals surface area contributed by atoms with Gasteiger partial charge in [0.1, 0.15) is 36.0 Å². The topological polar surface area (TPSA) is 94.5 Å². The molecule has 0 aromatic carbocycles. The van der Waals surface area contributed by atoms with E-state index in [1.807, 2.05) is 13.0 Å². The molecule has 8 heteroatoms. The Kier molecular flexibility index (Phi) is 9.23. The van der Waals surface area contributed by atoms with Gasteiger partial charge in [-0.2, -0.15) is 0 Å². The second-order valence-corrected chi connectivity index (χ2v) is 13.5. The maximum absolute atomic E-state index is 15.5. The largest absolute Gasteiger partial charge is 0.462 e. The van der Waals surface area contributed by atoms with Gasteiger partial charge in [0, 0.05) is 25.2 Å². The number of hydrogen-bond donors (Lipinski definition) is 2. The molecule has 5 aliphatic rings. The first-order valence-electron chi connectivity index (χ1n) is 15.8. The van der Waals surface area contributed by atoms with Crippen molar-refractivity contribution in [2.24, 2.45) is 23.7 Å². The second-order valence-electron chi connectivity index (χ2n) is 13.5. The molecule has 2 N–H and O–H groups in total. The lowest BCUT2D eigenvalue weighted by atomic mass is 9.71. The van der Waals surface area contributed by atoms with Crippen LogP contribution in [-0.4, -0.2) is 70.9 Å². The van der Waals surface area contributed by atoms with Crippen LogP contribution in [0.5, 0.6) is 0 Å². The molecule has 12 atom stereocenters. The number of alkyl halides is 1. The van der Waals surface area contributed by atoms with Crippen LogP contribution in [0.1, 0.15) is 80.1 Å². The van der Waals surface area contributed by atoms with Gasteiger partial charge in [0.2, 0.25) is 0 Å². The Morgan fingerprint density at radius 1 is 1.17 bits per heavy atom. The smallest absolute Gasteiger partial charge is 0.316 e. The molecule has 7 nitrogen and oxygen atoms in total. The summed E-state index contributed by atoms with van der Waals surface area (Å²) < 4.78 is 41.0. The van der Waals surface area contributed by atoms with Gasteiger partial charge in [-0.25, -0.2) is 4.39 Å². The predicted molar refractivity (Wildman–Crippen MR) is 157 cm³/mol. The number of ether oxygens (including phenoxy) is 4. The van der Waals surface area contributed by atoms with Gasteiger partial charge in [-0.15, -0.1) is 0 Å². The lowest BCUT2D eigenvalue weighted by molar-refractivity contribution is -0.340. The van der Waals surface area contributed by atoms with Crippen molar-refractivity contribution in [3.05, 3.63) is 47.1 Å². The summed E-state index contributed by atoms with van der Waals surface area (Å²) >= 11 is 0. The Hall–Kier alpha value is -1.84. The number of hydrogen-bond acceptors (Lipinski definition) is 7. The van der Waals surface area contributed by atoms with Crippen molar-refractivity contribution < 1.29 is 38.3 Å². The van der Waals surface area contributed by atoms with Crippen LogP contribution >= 0.6 is 0 Å². The highest BCUT2D eigenvalue weighted by molar-refractivity contribution is 5.78. The molecule has 3 saturated heterocycles. The van der Waals surface area contributed by atoms with Crippen LogP contribution in [0.3, 0.4) is 0 Å². The highest BCUT2D eigenvalue weighted by Crippen LogP contribution is 2.48. The molecule has 0 aromatic rings. The van der Waals surface area contributed by atoms with Crippen molar-refractivity contribution in [3.8, 4) is 0 Å². The third-order valence-electron chi connectivity index (χ3n) is 10.4. The highest BCUT2D eigenvalue weighted by Gasteiger charge is 2.60. The third-order valence-corrected chi connectivity index (χ3v) is 10.4. The maximum atomic E-state index is 15.5. The van der Waals surface area contributed by atoms with E-state index in [9.17, 15) is 15.0 Å². The maximum Gasteiger partial charge on any atom is 0.316 e. The molecule has 1 spiro atoms. The Morgan fingerprint density at radius 3 is 2.67 bits per heavy atom. The first kappa shape index (κ1) is 31.6. The normalized spacial score (nSPS) is 48.6. The number of aliphatic hydroxyl groups is 2. The van der Waals surface area contributed by atoms with Crippen LogP contribution in [0.4, 0.5) is 4.39 Å². The number of carbonyl (C=O) groups excluding carboxylic acids is 1. The second kappa shape index (κ2) is 12.3. The molecular weight excluding hydrogens is 539 g/mol. The van der Waals surface area contributed by atoms with Crippen LogP contribution in [0.2, 0.25) is 0 Å². The summed E-state index contributed by atoms with van der Waals surface area (Å²) in [4.78, 5) is 14.0. The van der Waals surface area contributed by atoms with Gasteiger partial charge in [0.15, 0.2) is 5.79 Å². The van der Waals surface area contributed by atoms with E-state index in [1.165, 1.54) is 0 Å². The van der Waals surface area contributed by atoms with E-state index in [-0.39, 0.29) is 18.8 Å². The van der Waals surface area contributed by atoms with Crippen molar-refractivity contribution >= 4 is 5.97 Å². The standard InChI is InChI=1S/C34H49FO7/c1-7-19(2)30-22(5)13-14-33(42-30)17-26-16-25(41-33)12-11-21(4)28(35)20(3)9-8-10-24-18-39-31-29(36)23(6)15-27(32(37)40-26)34(24,31)38/h8-11,15,19-20,22,25-31,36,38H,7,12-14,16-18H2,1-6H3/b9-8+,21-11+,24-10+/t19-,20-,22-,25+,26-,27-,28+,29+,30+,31+,33+,34+/m0/s1. The van der Waals surface area contributed by atoms with E-state index in [0.717, 1.165) is 12.8 Å². The molecule has 0 saturated carbocycles. The van der Waals surface area contributed by atoms with Crippen LogP contribution in [0, 0.1) is 23.7 Å². The zero-order valence-corrected chi connectivity index (χ0v) is 25.9. The quantitative estimate of drug-likeness (QED) is 0.325. The predicted octanol–water partition coefficient (Wildman–Crippen LogP) is 5.51. The van der Waals surface area contributed by atoms with Crippen molar-refractivity contribution in [3.63, 3.8) is 0 Å². The Labute approximate surface area is 249 Å². The Morgan fingerprint density at radius 2 is 1.93 bits per heavy atom. The zero-order valence-electron chi connectivity index (χ0n) is 25.9. The number of fused-ring (bicyclic) bond motifs is 2. The van der Waals surface area contributed by atoms with Crippen molar-refractivity contribution in [2.45, 2.75) is 128 Å². The number of halogens is 1. The summed E-state index contributed by atoms with van der Waals surface area (Å²) in [7, 11) is 0. The SMILES string of the molecule is CC[C@H](C)[C@H]1O[C@]2(CC[C@@H]1C)C[C@@H]1C[C@@H](C/C=C(\C)[C@H](F)[C@@H](C)/C=C/C=C3\CO[C@@H]4[C@H](O)C(C)=C[C@@H](C(=O)O1)[C@]34O)O2. The van der Waals surface area contributed by atoms with Gasteiger partial charge in [-0.05, 0) is 55.2 Å². The van der Waals surface area contributed by atoms with E-state index in [2.05, 4.69) is 20.8 Å². The van der Waals surface area contributed by atoms with Crippen LogP contribution < -0.4 is 0 Å². The summed E-state index contributed by atoms with van der Waals surface area (Å²) in [5.74, 6) is -2.21. The van der Waals surface area contributed by atoms with Crippen molar-refractivity contribution in [1.29, 1.82) is 0 Å². The summed E-state index contributed by atoms with van der Waals surface area (Å²) in [6.45, 7) is 12.0. The van der Waals surface area contributed by atoms with Gasteiger partial charge in [0.05, 0.1) is 18.8 Å². The molecule has 4 aliphatic heterocycles. The number of allylic oxidation sites excluding steroid dienone is 4. The molecule has 5 rings (SSSR count). The zero-order chi connectivity index (χ0) is 30.4. The fourth-order valence-corrected chi connectivity index (χ4v) is 7.54. The van der Waals surface area contributed by atoms with E-state index in [1.54, 1.807) is 38.2 Å². The lowest BCUT2D eigenvalue weighted by Gasteiger charge is -2.51. The molecule has 0 unspecified atom stereocenters. The van der Waals surface area contributed by atoms with Crippen LogP contribution in [0.15, 0.2) is 47.1 Å².